The summed E-state index contributed by atoms with van der Waals surface area (Å²) >= 11 is 0. The molecule has 1 N–H and O–H groups in total. The van der Waals surface area contributed by atoms with Gasteiger partial charge >= 0.3 is 0 Å². The van der Waals surface area contributed by atoms with Crippen LogP contribution in [0, 0.1) is 22.9 Å². The summed E-state index contributed by atoms with van der Waals surface area (Å²) < 4.78 is 40.0. The minimum absolute atomic E-state index is 0. The average Bonchev–Trinajstić information content (AvgIpc) is 3.14. The van der Waals surface area contributed by atoms with Gasteiger partial charge in [0.25, 0.3) is 5.91 Å². The quantitative estimate of drug-likeness (QED) is 0.744. The summed E-state index contributed by atoms with van der Waals surface area (Å²) in [6.07, 6.45) is 3.20. The maximum Gasteiger partial charge on any atom is 0.253 e. The molecule has 28 heavy (non-hydrogen) atoms. The van der Waals surface area contributed by atoms with Gasteiger partial charge in [-0.05, 0) is 66.6 Å². The van der Waals surface area contributed by atoms with Crippen molar-refractivity contribution < 1.29 is 18.0 Å². The Morgan fingerprint density at radius 3 is 2.07 bits per heavy atom. The minimum Gasteiger partial charge on any atom is -0.339 e. The summed E-state index contributed by atoms with van der Waals surface area (Å²) in [6, 6.07) is 8.47. The number of rotatable bonds is 2. The molecule has 0 aromatic heterocycles. The summed E-state index contributed by atoms with van der Waals surface area (Å²) in [6.45, 7) is 3.59. The third-order valence-corrected chi connectivity index (χ3v) is 5.89. The zero-order valence-corrected chi connectivity index (χ0v) is 16.1. The highest BCUT2D eigenvalue weighted by Crippen LogP contribution is 2.37. The van der Waals surface area contributed by atoms with E-state index in [4.69, 9.17) is 0 Å². The number of halogens is 4. The second kappa shape index (κ2) is 8.13. The first-order valence-corrected chi connectivity index (χ1v) is 9.22. The standard InChI is InChI=1S/C21H21F3N2O.ClH/c22-17-11-16(12-18(23)19(17)24)14-1-3-15(4-2-14)20(27)26-9-6-21(7-10-26)5-8-25-13-21;/h1-4,11-12,25H,5-10,13H2;1H. The molecule has 0 radical (unpaired) electrons. The monoisotopic (exact) mass is 410 g/mol. The zero-order valence-electron chi connectivity index (χ0n) is 15.3. The summed E-state index contributed by atoms with van der Waals surface area (Å²) in [5, 5.41) is 3.41. The first-order chi connectivity index (χ1) is 13.0. The van der Waals surface area contributed by atoms with Crippen LogP contribution in [0.4, 0.5) is 13.2 Å². The third kappa shape index (κ3) is 3.89. The average molecular weight is 411 g/mol. The van der Waals surface area contributed by atoms with Gasteiger partial charge in [0.15, 0.2) is 17.5 Å². The number of nitrogens with one attached hydrogen (secondary N) is 1. The smallest absolute Gasteiger partial charge is 0.253 e. The molecule has 0 bridgehead atoms. The van der Waals surface area contributed by atoms with Gasteiger partial charge in [-0.25, -0.2) is 13.2 Å². The molecule has 2 aromatic carbocycles. The Bertz CT molecular complexity index is 833. The second-order valence-corrected chi connectivity index (χ2v) is 7.55. The summed E-state index contributed by atoms with van der Waals surface area (Å²) in [7, 11) is 0. The molecule has 2 fully saturated rings. The van der Waals surface area contributed by atoms with E-state index in [0.29, 0.717) is 16.5 Å². The molecule has 0 aliphatic carbocycles. The van der Waals surface area contributed by atoms with Gasteiger partial charge in [-0.2, -0.15) is 0 Å². The van der Waals surface area contributed by atoms with Crippen molar-refractivity contribution in [2.75, 3.05) is 26.2 Å². The van der Waals surface area contributed by atoms with E-state index in [0.717, 1.165) is 51.2 Å². The van der Waals surface area contributed by atoms with Crippen molar-refractivity contribution in [1.29, 1.82) is 0 Å². The van der Waals surface area contributed by atoms with Crippen molar-refractivity contribution in [3.63, 3.8) is 0 Å². The maximum atomic E-state index is 13.4. The Balaban J connectivity index is 0.00000225. The highest BCUT2D eigenvalue weighted by atomic mass is 35.5. The number of hydrogen-bond acceptors (Lipinski definition) is 2. The van der Waals surface area contributed by atoms with Gasteiger partial charge in [-0.3, -0.25) is 4.79 Å². The van der Waals surface area contributed by atoms with Gasteiger partial charge in [-0.1, -0.05) is 12.1 Å². The van der Waals surface area contributed by atoms with Gasteiger partial charge in [0.05, 0.1) is 0 Å². The fourth-order valence-corrected chi connectivity index (χ4v) is 4.12. The van der Waals surface area contributed by atoms with Crippen LogP contribution in [0.2, 0.25) is 0 Å². The Kier molecular flexibility index (Phi) is 6.01. The lowest BCUT2D eigenvalue weighted by atomic mass is 9.78. The summed E-state index contributed by atoms with van der Waals surface area (Å²) in [5.74, 6) is -3.97. The molecular formula is C21H22ClF3N2O. The van der Waals surface area contributed by atoms with Crippen LogP contribution in [0.1, 0.15) is 29.6 Å². The van der Waals surface area contributed by atoms with Gasteiger partial charge < -0.3 is 10.2 Å². The molecule has 1 amide bonds. The largest absolute Gasteiger partial charge is 0.339 e. The molecule has 0 saturated carbocycles. The van der Waals surface area contributed by atoms with Crippen LogP contribution in [0.15, 0.2) is 36.4 Å². The number of nitrogens with zero attached hydrogens (tertiary/aromatic N) is 1. The van der Waals surface area contributed by atoms with E-state index in [1.807, 2.05) is 4.90 Å². The van der Waals surface area contributed by atoms with Crippen molar-refractivity contribution in [2.24, 2.45) is 5.41 Å². The molecule has 2 aliphatic rings. The number of piperidine rings is 1. The minimum atomic E-state index is -1.48. The molecule has 2 aromatic rings. The van der Waals surface area contributed by atoms with E-state index in [2.05, 4.69) is 5.32 Å². The molecule has 150 valence electrons. The van der Waals surface area contributed by atoms with Gasteiger partial charge in [-0.15, -0.1) is 12.4 Å². The lowest BCUT2D eigenvalue weighted by molar-refractivity contribution is 0.0607. The SMILES string of the molecule is Cl.O=C(c1ccc(-c2cc(F)c(F)c(F)c2)cc1)N1CCC2(CCNC2)CC1. The topological polar surface area (TPSA) is 32.3 Å². The van der Waals surface area contributed by atoms with Crippen LogP contribution in [-0.2, 0) is 0 Å². The maximum absolute atomic E-state index is 13.4. The van der Waals surface area contributed by atoms with Crippen molar-refractivity contribution >= 4 is 18.3 Å². The highest BCUT2D eigenvalue weighted by molar-refractivity contribution is 5.94. The fraction of sp³-hybridized carbons (Fsp3) is 0.381. The second-order valence-electron chi connectivity index (χ2n) is 7.55. The van der Waals surface area contributed by atoms with Crippen LogP contribution < -0.4 is 5.32 Å². The molecule has 2 heterocycles. The van der Waals surface area contributed by atoms with E-state index in [1.165, 1.54) is 6.42 Å². The Hall–Kier alpha value is -2.05. The molecule has 7 heteroatoms. The van der Waals surface area contributed by atoms with Crippen molar-refractivity contribution in [3.05, 3.63) is 59.4 Å². The van der Waals surface area contributed by atoms with Gasteiger partial charge in [0.2, 0.25) is 0 Å². The molecule has 0 unspecified atom stereocenters. The number of likely N-dealkylation sites (tertiary alicyclic amines) is 1. The lowest BCUT2D eigenvalue weighted by Crippen LogP contribution is -2.44. The summed E-state index contributed by atoms with van der Waals surface area (Å²) in [5.41, 5.74) is 1.65. The van der Waals surface area contributed by atoms with Gasteiger partial charge in [0, 0.05) is 25.2 Å². The third-order valence-electron chi connectivity index (χ3n) is 5.89. The molecule has 4 rings (SSSR count). The van der Waals surface area contributed by atoms with Crippen molar-refractivity contribution in [2.45, 2.75) is 19.3 Å². The fourth-order valence-electron chi connectivity index (χ4n) is 4.12. The number of carbonyl (C=O) groups excluding carboxylic acids is 1. The van der Waals surface area contributed by atoms with Gasteiger partial charge in [0.1, 0.15) is 0 Å². The molecule has 0 atom stereocenters. The Labute approximate surface area is 168 Å². The van der Waals surface area contributed by atoms with Crippen molar-refractivity contribution in [3.8, 4) is 11.1 Å². The van der Waals surface area contributed by atoms with Crippen LogP contribution in [0.25, 0.3) is 11.1 Å². The number of benzene rings is 2. The van der Waals surface area contributed by atoms with E-state index < -0.39 is 17.5 Å². The Morgan fingerprint density at radius 1 is 0.929 bits per heavy atom. The molecule has 2 saturated heterocycles. The van der Waals surface area contributed by atoms with E-state index in [9.17, 15) is 18.0 Å². The normalized spacial score (nSPS) is 18.2. The van der Waals surface area contributed by atoms with Crippen LogP contribution in [-0.4, -0.2) is 37.0 Å². The van der Waals surface area contributed by atoms with E-state index >= 15 is 0 Å². The van der Waals surface area contributed by atoms with E-state index in [1.54, 1.807) is 24.3 Å². The molecule has 2 aliphatic heterocycles. The molecule has 1 spiro atoms. The number of hydrogen-bond donors (Lipinski definition) is 1. The predicted molar refractivity (Wildman–Crippen MR) is 104 cm³/mol. The zero-order chi connectivity index (χ0) is 19.0. The Morgan fingerprint density at radius 2 is 1.54 bits per heavy atom. The molecular weight excluding hydrogens is 389 g/mol. The predicted octanol–water partition coefficient (Wildman–Crippen LogP) is 4.41. The number of amides is 1. The number of carbonyl (C=O) groups is 1. The van der Waals surface area contributed by atoms with Crippen LogP contribution in [0.3, 0.4) is 0 Å². The first kappa shape index (κ1) is 20.7. The van der Waals surface area contributed by atoms with Crippen LogP contribution in [0.5, 0.6) is 0 Å². The van der Waals surface area contributed by atoms with Crippen LogP contribution >= 0.6 is 12.4 Å². The van der Waals surface area contributed by atoms with Crippen molar-refractivity contribution in [1.82, 2.24) is 10.2 Å². The molecule has 3 nitrogen and oxygen atoms in total. The van der Waals surface area contributed by atoms with E-state index in [-0.39, 0.29) is 23.9 Å². The first-order valence-electron chi connectivity index (χ1n) is 9.22. The highest BCUT2D eigenvalue weighted by Gasteiger charge is 2.38. The lowest BCUT2D eigenvalue weighted by Gasteiger charge is -2.38. The summed E-state index contributed by atoms with van der Waals surface area (Å²) in [4.78, 5) is 14.6.